The van der Waals surface area contributed by atoms with Crippen molar-refractivity contribution in [3.63, 3.8) is 0 Å². The Morgan fingerprint density at radius 2 is 0.659 bits per heavy atom. The lowest BCUT2D eigenvalue weighted by molar-refractivity contribution is -0.662. The number of para-hydroxylation sites is 1. The molecule has 12 aromatic carbocycles. The molecule has 0 N–H and O–H groups in total. The molecule has 0 aliphatic carbocycles. The van der Waals surface area contributed by atoms with Crippen LogP contribution in [0.3, 0.4) is 0 Å². The Hall–Kier alpha value is -13.6. The molecular formula is C118H126N8+6. The van der Waals surface area contributed by atoms with Crippen molar-refractivity contribution in [3.05, 3.63) is 405 Å². The van der Waals surface area contributed by atoms with Gasteiger partial charge >= 0.3 is 11.6 Å². The van der Waals surface area contributed by atoms with Crippen LogP contribution >= 0.6 is 0 Å². The van der Waals surface area contributed by atoms with Crippen LogP contribution in [0, 0.1) is 117 Å². The Labute approximate surface area is 749 Å². The van der Waals surface area contributed by atoms with E-state index in [0.717, 1.165) is 29.2 Å². The van der Waals surface area contributed by atoms with Crippen LogP contribution in [0.1, 0.15) is 108 Å². The first-order valence-electron chi connectivity index (χ1n) is 44.2. The first kappa shape index (κ1) is 90.2. The molecule has 0 aliphatic rings. The van der Waals surface area contributed by atoms with Gasteiger partial charge in [0.05, 0.1) is 58.2 Å². The van der Waals surface area contributed by atoms with Gasteiger partial charge in [-0.25, -0.2) is 22.8 Å². The highest BCUT2D eigenvalue weighted by molar-refractivity contribution is 5.95. The molecule has 126 heavy (non-hydrogen) atoms. The number of aromatic nitrogens is 8. The zero-order valence-corrected chi connectivity index (χ0v) is 78.8. The number of rotatable bonds is 10. The van der Waals surface area contributed by atoms with Gasteiger partial charge in [-0.2, -0.15) is 4.57 Å². The van der Waals surface area contributed by atoms with Crippen molar-refractivity contribution in [2.24, 2.45) is 48.2 Å². The summed E-state index contributed by atoms with van der Waals surface area (Å²) in [5, 5.41) is 9.12. The predicted molar refractivity (Wildman–Crippen MR) is 529 cm³/mol. The van der Waals surface area contributed by atoms with Crippen molar-refractivity contribution in [1.29, 1.82) is 0 Å². The number of hydrogen-bond acceptors (Lipinski definition) is 2. The highest BCUT2D eigenvalue weighted by Gasteiger charge is 2.25. The van der Waals surface area contributed by atoms with Gasteiger partial charge in [0.15, 0.2) is 31.0 Å². The zero-order chi connectivity index (χ0) is 89.9. The van der Waals surface area contributed by atoms with Crippen molar-refractivity contribution in [2.75, 3.05) is 0 Å². The molecule has 0 saturated heterocycles. The summed E-state index contributed by atoms with van der Waals surface area (Å²) >= 11 is 0. The fraction of sp³-hybridized carbons (Fsp3) is 0.220. The second-order valence-electron chi connectivity index (χ2n) is 35.3. The lowest BCUT2D eigenvalue weighted by Crippen LogP contribution is -2.32. The molecule has 0 amide bonds. The van der Waals surface area contributed by atoms with Crippen molar-refractivity contribution in [3.8, 4) is 90.1 Å². The molecule has 6 heterocycles. The van der Waals surface area contributed by atoms with Crippen LogP contribution in [0.5, 0.6) is 0 Å². The molecule has 632 valence electrons. The largest absolute Gasteiger partial charge is 0.330 e. The quantitative estimate of drug-likeness (QED) is 0.128. The summed E-state index contributed by atoms with van der Waals surface area (Å²) in [6.07, 6.45) is 15.9. The van der Waals surface area contributed by atoms with Gasteiger partial charge < -0.3 is 0 Å². The topological polar surface area (TPSA) is 49.1 Å². The van der Waals surface area contributed by atoms with Gasteiger partial charge in [0.1, 0.15) is 40.6 Å². The molecular weight excluding hydrogens is 1530 g/mol. The van der Waals surface area contributed by atoms with Gasteiger partial charge in [0.25, 0.3) is 0 Å². The fourth-order valence-corrected chi connectivity index (χ4v) is 17.6. The fourth-order valence-electron chi connectivity index (χ4n) is 17.6. The van der Waals surface area contributed by atoms with E-state index in [-0.39, 0.29) is 0 Å². The van der Waals surface area contributed by atoms with Crippen LogP contribution in [0.2, 0.25) is 0 Å². The molecule has 18 aromatic rings. The Balaban J connectivity index is 0.000000130. The minimum absolute atomic E-state index is 0.684. The molecule has 0 unspecified atom stereocenters. The summed E-state index contributed by atoms with van der Waals surface area (Å²) in [4.78, 5) is 9.38. The molecule has 6 aromatic heterocycles. The van der Waals surface area contributed by atoms with Gasteiger partial charge in [-0.15, -0.1) is 0 Å². The van der Waals surface area contributed by atoms with E-state index in [1.807, 2.05) is 43.7 Å². The highest BCUT2D eigenvalue weighted by Crippen LogP contribution is 2.36. The van der Waals surface area contributed by atoms with E-state index in [9.17, 15) is 0 Å². The lowest BCUT2D eigenvalue weighted by atomic mass is 9.93. The maximum atomic E-state index is 4.73. The van der Waals surface area contributed by atoms with E-state index >= 15 is 0 Å². The first-order chi connectivity index (χ1) is 60.4. The SMILES string of the molecule is Cc1cc(C)c(C)c(-c2c3ccc(CC(C)C)cc3cc[n+]2C)c1.Cc1cc(C)c(C)c(-c2c3ccccc3cc[n+]2C)c1.Cc1cc(C)c(C)c(-c2cc3ccccc3c[n+]2C)c1.Cc1cc(C)c(C)c(-c2ccc3ccccc3[n+]2C)c1.Cc1cc(C)c(C)c(-c2ncc(-c3ccccc3)c[n+]2C)c1.Cc1ccccc1-c1ncc(-c2ccccc2)c[n+]1C. The molecule has 0 spiro atoms. The summed E-state index contributed by atoms with van der Waals surface area (Å²) in [6, 6.07) is 95.4. The third kappa shape index (κ3) is 20.8. The molecule has 8 nitrogen and oxygen atoms in total. The van der Waals surface area contributed by atoms with E-state index in [4.69, 9.17) is 4.98 Å². The average Bonchev–Trinajstić information content (AvgIpc) is 0.762. The molecule has 0 saturated carbocycles. The molecule has 18 rings (SSSR count). The van der Waals surface area contributed by atoms with Crippen molar-refractivity contribution in [1.82, 2.24) is 9.97 Å². The minimum Gasteiger partial charge on any atom is -0.232 e. The van der Waals surface area contributed by atoms with Crippen LogP contribution in [0.4, 0.5) is 0 Å². The van der Waals surface area contributed by atoms with Gasteiger partial charge in [0.2, 0.25) is 28.3 Å². The molecule has 8 heteroatoms. The third-order valence-corrected chi connectivity index (χ3v) is 24.9. The van der Waals surface area contributed by atoms with E-state index in [2.05, 4.69) is 466 Å². The lowest BCUT2D eigenvalue weighted by Gasteiger charge is -2.12. The number of nitrogens with zero attached hydrogens (tertiary/aromatic N) is 8. The Morgan fingerprint density at radius 1 is 0.262 bits per heavy atom. The van der Waals surface area contributed by atoms with E-state index < -0.39 is 0 Å². The average molecular weight is 1660 g/mol. The minimum atomic E-state index is 0.684. The van der Waals surface area contributed by atoms with E-state index in [1.54, 1.807) is 0 Å². The predicted octanol–water partition coefficient (Wildman–Crippen LogP) is 25.9. The van der Waals surface area contributed by atoms with Gasteiger partial charge in [-0.05, 0) is 299 Å². The second kappa shape index (κ2) is 40.0. The standard InChI is InChI=1S/C23H28N.C20H21N2.3C19H20N.C18H17N2/c1-15(2)11-19-7-8-21-20(14-19)9-10-24(6)23(21)22-13-16(3)12-17(4)18(22)5;1-14-10-15(2)16(3)19(11-14)20-21-12-18(13-22(20)4)17-8-6-5-7-9-17;1-13-9-14(2)15(3)18(10-13)19-11-16-7-5-6-8-17(16)12-20(19)4;1-13-11-14(2)15(3)17(12-13)19-10-9-16-7-5-6-8-18(16)20(19)4;1-13-11-14(2)15(3)18(12-13)19-17-8-6-5-7-16(17)9-10-20(19)4;1-14-8-6-7-11-17(14)18-19-12-16(13-20(18)2)15-9-4-3-5-10-15/h7-10,12-15H,11H2,1-6H3;5-13H,1-4H3;3*5-12H,1-4H3;3-13H,1-2H3/q6*+1. The van der Waals surface area contributed by atoms with Crippen LogP contribution in [-0.4, -0.2) is 9.97 Å². The number of benzene rings is 12. The normalized spacial score (nSPS) is 11.0. The van der Waals surface area contributed by atoms with Gasteiger partial charge in [-0.3, -0.25) is 0 Å². The van der Waals surface area contributed by atoms with Crippen LogP contribution in [0.15, 0.2) is 310 Å². The Morgan fingerprint density at radius 3 is 1.16 bits per heavy atom. The summed E-state index contributed by atoms with van der Waals surface area (Å²) in [5.74, 6) is 2.68. The number of hydrogen-bond donors (Lipinski definition) is 0. The maximum absolute atomic E-state index is 4.73. The first-order valence-corrected chi connectivity index (χ1v) is 44.2. The second-order valence-corrected chi connectivity index (χ2v) is 35.3. The maximum Gasteiger partial charge on any atom is 0.330 e. The van der Waals surface area contributed by atoms with Gasteiger partial charge in [0, 0.05) is 52.2 Å². The molecule has 0 atom stereocenters. The monoisotopic (exact) mass is 1660 g/mol. The molecule has 0 radical (unpaired) electrons. The van der Waals surface area contributed by atoms with Crippen molar-refractivity contribution in [2.45, 2.75) is 131 Å². The molecule has 0 fully saturated rings. The summed E-state index contributed by atoms with van der Waals surface area (Å²) in [7, 11) is 12.6. The molecule has 0 bridgehead atoms. The summed E-state index contributed by atoms with van der Waals surface area (Å²) in [6.45, 7) is 39.4. The zero-order valence-electron chi connectivity index (χ0n) is 78.8. The van der Waals surface area contributed by atoms with Crippen LogP contribution in [0.25, 0.3) is 133 Å². The van der Waals surface area contributed by atoms with Gasteiger partial charge in [-0.1, -0.05) is 206 Å². The Kier molecular flexibility index (Phi) is 28.6. The number of pyridine rings is 4. The summed E-state index contributed by atoms with van der Waals surface area (Å²) < 4.78 is 13.2. The van der Waals surface area contributed by atoms with Crippen LogP contribution in [-0.2, 0) is 48.7 Å². The Bertz CT molecular complexity index is 6970. The highest BCUT2D eigenvalue weighted by atomic mass is 15.0. The van der Waals surface area contributed by atoms with Crippen LogP contribution < -0.4 is 27.4 Å². The van der Waals surface area contributed by atoms with E-state index in [0.29, 0.717) is 5.92 Å². The smallest absolute Gasteiger partial charge is 0.232 e. The number of aryl methyl sites for hydroxylation is 17. The third-order valence-electron chi connectivity index (χ3n) is 24.9. The van der Waals surface area contributed by atoms with Crippen molar-refractivity contribution < 1.29 is 27.4 Å². The molecule has 0 aliphatic heterocycles. The van der Waals surface area contributed by atoms with E-state index in [1.165, 1.54) is 205 Å². The summed E-state index contributed by atoms with van der Waals surface area (Å²) in [5.41, 5.74) is 41.5. The number of fused-ring (bicyclic) bond motifs is 4. The van der Waals surface area contributed by atoms with Crippen molar-refractivity contribution >= 4 is 43.2 Å².